The lowest BCUT2D eigenvalue weighted by molar-refractivity contribution is 0.196. The molecule has 4 heteroatoms. The molecule has 2 nitrogen and oxygen atoms in total. The van der Waals surface area contributed by atoms with Crippen molar-refractivity contribution in [3.63, 3.8) is 0 Å². The predicted octanol–water partition coefficient (Wildman–Crippen LogP) is 1.98. The van der Waals surface area contributed by atoms with E-state index in [1.165, 1.54) is 26.2 Å². The molecule has 2 N–H and O–H groups in total. The fraction of sp³-hybridized carbons (Fsp3) is 0.400. The van der Waals surface area contributed by atoms with Crippen molar-refractivity contribution in [1.29, 1.82) is 0 Å². The van der Waals surface area contributed by atoms with Crippen LogP contribution in [0.25, 0.3) is 0 Å². The van der Waals surface area contributed by atoms with Gasteiger partial charge in [-0.15, -0.1) is 0 Å². The summed E-state index contributed by atoms with van der Waals surface area (Å²) in [5.74, 6) is -0.279. The van der Waals surface area contributed by atoms with Gasteiger partial charge in [0.15, 0.2) is 0 Å². The van der Waals surface area contributed by atoms with E-state index >= 15 is 0 Å². The smallest absolute Gasteiger partial charge is 0.148 e. The van der Waals surface area contributed by atoms with E-state index in [4.69, 9.17) is 10.5 Å². The van der Waals surface area contributed by atoms with E-state index in [2.05, 4.69) is 0 Å². The summed E-state index contributed by atoms with van der Waals surface area (Å²) in [7, 11) is 1.37. The van der Waals surface area contributed by atoms with Gasteiger partial charge in [0.1, 0.15) is 17.2 Å². The molecular weight excluding hydrogens is 188 g/mol. The van der Waals surface area contributed by atoms with Crippen LogP contribution in [0, 0.1) is 5.82 Å². The molecule has 1 aromatic carbocycles. The van der Waals surface area contributed by atoms with Crippen LogP contribution in [0.4, 0.5) is 8.78 Å². The summed E-state index contributed by atoms with van der Waals surface area (Å²) in [5.41, 5.74) is 3.85. The molecule has 78 valence electrons. The Morgan fingerprint density at radius 3 is 2.64 bits per heavy atom. The highest BCUT2D eigenvalue weighted by molar-refractivity contribution is 5.38. The molecule has 0 aliphatic heterocycles. The van der Waals surface area contributed by atoms with Gasteiger partial charge < -0.3 is 10.5 Å². The molecule has 0 spiro atoms. The Morgan fingerprint density at radius 1 is 1.50 bits per heavy atom. The lowest BCUT2D eigenvalue weighted by Gasteiger charge is -2.21. The zero-order chi connectivity index (χ0) is 10.8. The molecule has 0 bridgehead atoms. The zero-order valence-corrected chi connectivity index (χ0v) is 8.18. The van der Waals surface area contributed by atoms with Crippen LogP contribution in [0.5, 0.6) is 5.75 Å². The van der Waals surface area contributed by atoms with Crippen molar-refractivity contribution in [2.75, 3.05) is 13.7 Å². The number of hydrogen-bond donors (Lipinski definition) is 1. The van der Waals surface area contributed by atoms with Crippen LogP contribution in [0.15, 0.2) is 18.2 Å². The van der Waals surface area contributed by atoms with Gasteiger partial charge in [0, 0.05) is 18.2 Å². The standard InChI is InChI=1S/C10H13F2NO/c1-10(12,6-13)8-4-3-7(11)5-9(8)14-2/h3-5H,6,13H2,1-2H3. The number of halogens is 2. The van der Waals surface area contributed by atoms with Crippen LogP contribution in [-0.4, -0.2) is 13.7 Å². The molecule has 14 heavy (non-hydrogen) atoms. The van der Waals surface area contributed by atoms with Gasteiger partial charge in [0.05, 0.1) is 7.11 Å². The second-order valence-electron chi connectivity index (χ2n) is 3.25. The normalized spacial score (nSPS) is 14.9. The first-order valence-corrected chi connectivity index (χ1v) is 4.24. The molecular formula is C10H13F2NO. The molecule has 0 aliphatic carbocycles. The average Bonchev–Trinajstić information content (AvgIpc) is 2.17. The molecule has 1 aromatic rings. The van der Waals surface area contributed by atoms with Gasteiger partial charge in [0.25, 0.3) is 0 Å². The van der Waals surface area contributed by atoms with Crippen molar-refractivity contribution >= 4 is 0 Å². The van der Waals surface area contributed by atoms with Gasteiger partial charge in [-0.05, 0) is 19.1 Å². The summed E-state index contributed by atoms with van der Waals surface area (Å²) in [4.78, 5) is 0. The summed E-state index contributed by atoms with van der Waals surface area (Å²) < 4.78 is 31.5. The Hall–Kier alpha value is -1.16. The third kappa shape index (κ3) is 2.01. The van der Waals surface area contributed by atoms with Crippen molar-refractivity contribution in [1.82, 2.24) is 0 Å². The maximum absolute atomic E-state index is 13.8. The number of ether oxygens (including phenoxy) is 1. The predicted molar refractivity (Wildman–Crippen MR) is 50.5 cm³/mol. The third-order valence-electron chi connectivity index (χ3n) is 2.11. The summed E-state index contributed by atoms with van der Waals surface area (Å²) in [6.45, 7) is 1.16. The summed E-state index contributed by atoms with van der Waals surface area (Å²) in [6.07, 6.45) is 0. The number of benzene rings is 1. The monoisotopic (exact) mass is 201 g/mol. The fourth-order valence-electron chi connectivity index (χ4n) is 1.21. The van der Waals surface area contributed by atoms with E-state index in [1.54, 1.807) is 0 Å². The minimum absolute atomic E-state index is 0.172. The van der Waals surface area contributed by atoms with Gasteiger partial charge in [0.2, 0.25) is 0 Å². The summed E-state index contributed by atoms with van der Waals surface area (Å²) in [5, 5.41) is 0. The largest absolute Gasteiger partial charge is 0.496 e. The van der Waals surface area contributed by atoms with E-state index in [1.807, 2.05) is 0 Å². The summed E-state index contributed by atoms with van der Waals surface area (Å²) in [6, 6.07) is 3.68. The maximum atomic E-state index is 13.8. The molecule has 1 unspecified atom stereocenters. The number of methoxy groups -OCH3 is 1. The first kappa shape index (κ1) is 10.9. The van der Waals surface area contributed by atoms with Gasteiger partial charge in [-0.1, -0.05) is 0 Å². The van der Waals surface area contributed by atoms with Gasteiger partial charge in [-0.25, -0.2) is 8.78 Å². The fourth-order valence-corrected chi connectivity index (χ4v) is 1.21. The lowest BCUT2D eigenvalue weighted by atomic mass is 9.97. The van der Waals surface area contributed by atoms with E-state index in [-0.39, 0.29) is 17.9 Å². The molecule has 0 saturated carbocycles. The number of alkyl halides is 1. The molecule has 0 aromatic heterocycles. The highest BCUT2D eigenvalue weighted by Gasteiger charge is 2.27. The van der Waals surface area contributed by atoms with Crippen molar-refractivity contribution in [3.8, 4) is 5.75 Å². The molecule has 0 saturated heterocycles. The average molecular weight is 201 g/mol. The van der Waals surface area contributed by atoms with Crippen molar-refractivity contribution in [2.24, 2.45) is 5.73 Å². The third-order valence-corrected chi connectivity index (χ3v) is 2.11. The van der Waals surface area contributed by atoms with Gasteiger partial charge >= 0.3 is 0 Å². The molecule has 0 radical (unpaired) electrons. The van der Waals surface area contributed by atoms with Crippen LogP contribution in [-0.2, 0) is 5.67 Å². The molecule has 0 aliphatic rings. The minimum atomic E-state index is -1.70. The zero-order valence-electron chi connectivity index (χ0n) is 8.18. The van der Waals surface area contributed by atoms with Crippen molar-refractivity contribution < 1.29 is 13.5 Å². The second kappa shape index (κ2) is 3.92. The Kier molecular flexibility index (Phi) is 3.06. The second-order valence-corrected chi connectivity index (χ2v) is 3.25. The lowest BCUT2D eigenvalue weighted by Crippen LogP contribution is -2.27. The van der Waals surface area contributed by atoms with E-state index in [0.717, 1.165) is 6.07 Å². The molecule has 0 heterocycles. The number of nitrogens with two attached hydrogens (primary N) is 1. The molecule has 0 fully saturated rings. The first-order chi connectivity index (χ1) is 6.51. The quantitative estimate of drug-likeness (QED) is 0.811. The number of rotatable bonds is 3. The Labute approximate surface area is 81.7 Å². The Morgan fingerprint density at radius 2 is 2.14 bits per heavy atom. The highest BCUT2D eigenvalue weighted by Crippen LogP contribution is 2.32. The Balaban J connectivity index is 3.20. The van der Waals surface area contributed by atoms with E-state index < -0.39 is 11.5 Å². The molecule has 0 amide bonds. The van der Waals surface area contributed by atoms with Crippen LogP contribution in [0.1, 0.15) is 12.5 Å². The van der Waals surface area contributed by atoms with Crippen LogP contribution >= 0.6 is 0 Å². The SMILES string of the molecule is COc1cc(F)ccc1C(C)(F)CN. The first-order valence-electron chi connectivity index (χ1n) is 4.24. The molecule has 1 rings (SSSR count). The maximum Gasteiger partial charge on any atom is 0.148 e. The topological polar surface area (TPSA) is 35.2 Å². The Bertz CT molecular complexity index is 326. The van der Waals surface area contributed by atoms with Crippen LogP contribution < -0.4 is 10.5 Å². The van der Waals surface area contributed by atoms with E-state index in [0.29, 0.717) is 0 Å². The van der Waals surface area contributed by atoms with Gasteiger partial charge in [-0.2, -0.15) is 0 Å². The minimum Gasteiger partial charge on any atom is -0.496 e. The van der Waals surface area contributed by atoms with Crippen LogP contribution in [0.2, 0.25) is 0 Å². The molecule has 1 atom stereocenters. The summed E-state index contributed by atoms with van der Waals surface area (Å²) >= 11 is 0. The number of hydrogen-bond acceptors (Lipinski definition) is 2. The highest BCUT2D eigenvalue weighted by atomic mass is 19.1. The van der Waals surface area contributed by atoms with Crippen molar-refractivity contribution in [2.45, 2.75) is 12.6 Å². The van der Waals surface area contributed by atoms with E-state index in [9.17, 15) is 8.78 Å². The van der Waals surface area contributed by atoms with Gasteiger partial charge in [-0.3, -0.25) is 0 Å². The van der Waals surface area contributed by atoms with Crippen LogP contribution in [0.3, 0.4) is 0 Å². The van der Waals surface area contributed by atoms with Crippen molar-refractivity contribution in [3.05, 3.63) is 29.6 Å².